The van der Waals surface area contributed by atoms with E-state index < -0.39 is 0 Å². The zero-order valence-corrected chi connectivity index (χ0v) is 7.43. The van der Waals surface area contributed by atoms with Crippen LogP contribution in [-0.2, 0) is 0 Å². The molecule has 7 heavy (non-hydrogen) atoms. The Bertz CT molecular complexity index is 119. The minimum absolute atomic E-state index is 0.333. The summed E-state index contributed by atoms with van der Waals surface area (Å²) in [6.07, 6.45) is 0. The second kappa shape index (κ2) is 1.35. The van der Waals surface area contributed by atoms with Crippen LogP contribution in [0, 0.1) is 5.41 Å². The molecule has 0 aromatic rings. The second-order valence-corrected chi connectivity index (χ2v) is 3.84. The molecule has 0 saturated carbocycles. The van der Waals surface area contributed by atoms with E-state index in [-0.39, 0.29) is 0 Å². The molecule has 0 radical (unpaired) electrons. The van der Waals surface area contributed by atoms with Gasteiger partial charge in [-0.2, -0.15) is 0 Å². The maximum absolute atomic E-state index is 3.40. The SMILES string of the molecule is CC1(C)C(Br)=C1Br. The number of halogens is 2. The molecule has 0 unspecified atom stereocenters. The Morgan fingerprint density at radius 2 is 1.29 bits per heavy atom. The van der Waals surface area contributed by atoms with Gasteiger partial charge >= 0.3 is 0 Å². The molecule has 0 fully saturated rings. The van der Waals surface area contributed by atoms with Crippen LogP contribution in [0.4, 0.5) is 0 Å². The van der Waals surface area contributed by atoms with Gasteiger partial charge in [0.25, 0.3) is 0 Å². The largest absolute Gasteiger partial charge is 0.0538 e. The van der Waals surface area contributed by atoms with Gasteiger partial charge in [0.05, 0.1) is 0 Å². The van der Waals surface area contributed by atoms with Gasteiger partial charge < -0.3 is 0 Å². The molecule has 0 saturated heterocycles. The maximum atomic E-state index is 3.40. The lowest BCUT2D eigenvalue weighted by atomic mass is 10.2. The van der Waals surface area contributed by atoms with Gasteiger partial charge in [-0.25, -0.2) is 0 Å². The molecule has 0 amide bonds. The Hall–Kier alpha value is 0.700. The normalized spacial score (nSPS) is 25.7. The van der Waals surface area contributed by atoms with Gasteiger partial charge in [0.2, 0.25) is 0 Å². The summed E-state index contributed by atoms with van der Waals surface area (Å²) in [6.45, 7) is 4.34. The number of hydrogen-bond acceptors (Lipinski definition) is 0. The molecule has 0 bridgehead atoms. The van der Waals surface area contributed by atoms with E-state index in [1.54, 1.807) is 0 Å². The molecule has 0 aromatic heterocycles. The molecule has 0 aromatic carbocycles. The van der Waals surface area contributed by atoms with Crippen molar-refractivity contribution in [3.05, 3.63) is 8.96 Å². The molecule has 0 spiro atoms. The molecular weight excluding hydrogens is 220 g/mol. The Balaban J connectivity index is 2.69. The highest BCUT2D eigenvalue weighted by molar-refractivity contribution is 9.15. The van der Waals surface area contributed by atoms with E-state index in [0.29, 0.717) is 5.41 Å². The van der Waals surface area contributed by atoms with E-state index in [2.05, 4.69) is 45.7 Å². The quantitative estimate of drug-likeness (QED) is 0.595. The lowest BCUT2D eigenvalue weighted by Crippen LogP contribution is -1.85. The first-order valence-corrected chi connectivity index (χ1v) is 3.71. The van der Waals surface area contributed by atoms with Crippen LogP contribution in [0.5, 0.6) is 0 Å². The minimum atomic E-state index is 0.333. The van der Waals surface area contributed by atoms with Crippen LogP contribution in [0.3, 0.4) is 0 Å². The fraction of sp³-hybridized carbons (Fsp3) is 0.600. The van der Waals surface area contributed by atoms with E-state index in [4.69, 9.17) is 0 Å². The van der Waals surface area contributed by atoms with E-state index >= 15 is 0 Å². The maximum Gasteiger partial charge on any atom is 0.0295 e. The van der Waals surface area contributed by atoms with Crippen molar-refractivity contribution >= 4 is 31.9 Å². The van der Waals surface area contributed by atoms with Crippen molar-refractivity contribution in [3.63, 3.8) is 0 Å². The predicted molar refractivity (Wildman–Crippen MR) is 38.7 cm³/mol. The predicted octanol–water partition coefficient (Wildman–Crippen LogP) is 3.03. The van der Waals surface area contributed by atoms with Gasteiger partial charge in [0, 0.05) is 14.4 Å². The summed E-state index contributed by atoms with van der Waals surface area (Å²) < 4.78 is 2.61. The third-order valence-corrected chi connectivity index (χ3v) is 4.54. The summed E-state index contributed by atoms with van der Waals surface area (Å²) in [5.41, 5.74) is 0.333. The summed E-state index contributed by atoms with van der Waals surface area (Å²) in [5, 5.41) is 0. The molecule has 1 aliphatic carbocycles. The number of hydrogen-bond donors (Lipinski definition) is 0. The van der Waals surface area contributed by atoms with Crippen molar-refractivity contribution in [2.75, 3.05) is 0 Å². The van der Waals surface area contributed by atoms with Crippen LogP contribution >= 0.6 is 31.9 Å². The van der Waals surface area contributed by atoms with E-state index in [1.165, 1.54) is 8.96 Å². The van der Waals surface area contributed by atoms with Crippen LogP contribution in [0.1, 0.15) is 13.8 Å². The van der Waals surface area contributed by atoms with Gasteiger partial charge in [-0.05, 0) is 0 Å². The highest BCUT2D eigenvalue weighted by atomic mass is 79.9. The fourth-order valence-electron chi connectivity index (χ4n) is 0.379. The van der Waals surface area contributed by atoms with Crippen LogP contribution in [0.15, 0.2) is 8.96 Å². The molecule has 0 atom stereocenters. The first-order chi connectivity index (χ1) is 3.07. The fourth-order valence-corrected chi connectivity index (χ4v) is 1.83. The number of allylic oxidation sites excluding steroid dienone is 2. The zero-order chi connectivity index (χ0) is 5.65. The molecule has 1 rings (SSSR count). The van der Waals surface area contributed by atoms with Crippen molar-refractivity contribution in [2.45, 2.75) is 13.8 Å². The lowest BCUT2D eigenvalue weighted by Gasteiger charge is -1.95. The van der Waals surface area contributed by atoms with Crippen LogP contribution in [-0.4, -0.2) is 0 Å². The average Bonchev–Trinajstić information content (AvgIpc) is 1.91. The van der Waals surface area contributed by atoms with Gasteiger partial charge in [-0.1, -0.05) is 45.7 Å². The first-order valence-electron chi connectivity index (χ1n) is 2.13. The molecule has 40 valence electrons. The zero-order valence-electron chi connectivity index (χ0n) is 4.26. The third-order valence-electron chi connectivity index (χ3n) is 1.23. The Kier molecular flexibility index (Phi) is 1.12. The highest BCUT2D eigenvalue weighted by Gasteiger charge is 2.41. The molecule has 0 N–H and O–H groups in total. The van der Waals surface area contributed by atoms with Gasteiger partial charge in [-0.15, -0.1) is 0 Å². The van der Waals surface area contributed by atoms with Gasteiger partial charge in [-0.3, -0.25) is 0 Å². The summed E-state index contributed by atoms with van der Waals surface area (Å²) in [7, 11) is 0. The topological polar surface area (TPSA) is 0 Å². The van der Waals surface area contributed by atoms with Crippen LogP contribution in [0.25, 0.3) is 0 Å². The molecular formula is C5H6Br2. The van der Waals surface area contributed by atoms with Crippen LogP contribution < -0.4 is 0 Å². The summed E-state index contributed by atoms with van der Waals surface area (Å²) in [5.74, 6) is 0. The highest BCUT2D eigenvalue weighted by Crippen LogP contribution is 2.58. The van der Waals surface area contributed by atoms with Crippen molar-refractivity contribution in [2.24, 2.45) is 5.41 Å². The summed E-state index contributed by atoms with van der Waals surface area (Å²) in [4.78, 5) is 0. The molecule has 0 nitrogen and oxygen atoms in total. The molecule has 2 heteroatoms. The van der Waals surface area contributed by atoms with E-state index in [9.17, 15) is 0 Å². The lowest BCUT2D eigenvalue weighted by molar-refractivity contribution is 0.721. The standard InChI is InChI=1S/C5H6Br2/c1-5(2)3(6)4(5)7/h1-2H3. The molecule has 0 heterocycles. The van der Waals surface area contributed by atoms with Crippen LogP contribution in [0.2, 0.25) is 0 Å². The Morgan fingerprint density at radius 1 is 1.14 bits per heavy atom. The number of rotatable bonds is 0. The third kappa shape index (κ3) is 0.685. The molecule has 0 aliphatic heterocycles. The Labute approximate surface area is 60.2 Å². The van der Waals surface area contributed by atoms with E-state index in [0.717, 1.165) is 0 Å². The summed E-state index contributed by atoms with van der Waals surface area (Å²) in [6, 6.07) is 0. The monoisotopic (exact) mass is 224 g/mol. The van der Waals surface area contributed by atoms with Gasteiger partial charge in [0.1, 0.15) is 0 Å². The molecule has 1 aliphatic rings. The first kappa shape index (κ1) is 5.83. The van der Waals surface area contributed by atoms with Crippen molar-refractivity contribution in [1.29, 1.82) is 0 Å². The van der Waals surface area contributed by atoms with Crippen molar-refractivity contribution in [1.82, 2.24) is 0 Å². The minimum Gasteiger partial charge on any atom is -0.0538 e. The average molecular weight is 226 g/mol. The Morgan fingerprint density at radius 3 is 1.29 bits per heavy atom. The van der Waals surface area contributed by atoms with Crippen molar-refractivity contribution < 1.29 is 0 Å². The smallest absolute Gasteiger partial charge is 0.0295 e. The van der Waals surface area contributed by atoms with Crippen molar-refractivity contribution in [3.8, 4) is 0 Å². The second-order valence-electron chi connectivity index (χ2n) is 2.25. The van der Waals surface area contributed by atoms with E-state index in [1.807, 2.05) is 0 Å². The summed E-state index contributed by atoms with van der Waals surface area (Å²) >= 11 is 6.80. The van der Waals surface area contributed by atoms with Gasteiger partial charge in [0.15, 0.2) is 0 Å².